The highest BCUT2D eigenvalue weighted by Gasteiger charge is 2.45. The lowest BCUT2D eigenvalue weighted by atomic mass is 9.86. The molecule has 256 valence electrons. The molecule has 3 aliphatic rings. The van der Waals surface area contributed by atoms with E-state index < -0.39 is 23.6 Å². The van der Waals surface area contributed by atoms with E-state index in [-0.39, 0.29) is 42.7 Å². The smallest absolute Gasteiger partial charge is 0.412 e. The van der Waals surface area contributed by atoms with Crippen LogP contribution in [0.5, 0.6) is 5.75 Å². The molecule has 0 radical (unpaired) electrons. The third kappa shape index (κ3) is 6.52. The molecular weight excluding hydrogens is 620 g/mol. The van der Waals surface area contributed by atoms with Crippen molar-refractivity contribution in [3.63, 3.8) is 0 Å². The summed E-state index contributed by atoms with van der Waals surface area (Å²) in [5, 5.41) is 23.4. The second-order valence-electron chi connectivity index (χ2n) is 12.8. The molecule has 6 rings (SSSR count). The molecule has 2 aromatic heterocycles. The molecule has 3 aliphatic heterocycles. The van der Waals surface area contributed by atoms with Crippen LogP contribution in [-0.4, -0.2) is 87.4 Å². The largest absolute Gasteiger partial charge is 0.458 e. The number of likely N-dealkylation sites (N-methyl/N-ethyl adjacent to an activating group) is 1. The zero-order chi connectivity index (χ0) is 34.0. The van der Waals surface area contributed by atoms with E-state index in [0.717, 1.165) is 62.0 Å². The number of rotatable bonds is 11. The Bertz CT molecular complexity index is 1800. The number of cyclic esters (lactones) is 1. The van der Waals surface area contributed by atoms with Gasteiger partial charge < -0.3 is 29.4 Å². The predicted molar refractivity (Wildman–Crippen MR) is 174 cm³/mol. The van der Waals surface area contributed by atoms with Crippen LogP contribution in [0.4, 0.5) is 4.79 Å². The van der Waals surface area contributed by atoms with Crippen molar-refractivity contribution in [3.8, 4) is 17.1 Å². The molecule has 0 saturated carbocycles. The summed E-state index contributed by atoms with van der Waals surface area (Å²) in [4.78, 5) is 59.9. The summed E-state index contributed by atoms with van der Waals surface area (Å²) in [5.74, 6) is -0.805. The average Bonchev–Trinajstić information content (AvgIpc) is 3.45. The van der Waals surface area contributed by atoms with Crippen LogP contribution in [0.1, 0.15) is 67.7 Å². The number of ether oxygens (including phenoxy) is 2. The van der Waals surface area contributed by atoms with Gasteiger partial charge in [0.25, 0.3) is 5.56 Å². The minimum Gasteiger partial charge on any atom is -0.458 e. The van der Waals surface area contributed by atoms with Gasteiger partial charge in [0.05, 0.1) is 29.0 Å². The number of hydrogen-bond donors (Lipinski definition) is 4. The highest BCUT2D eigenvalue weighted by Crippen LogP contribution is 2.41. The lowest BCUT2D eigenvalue weighted by Gasteiger charge is -2.33. The van der Waals surface area contributed by atoms with Gasteiger partial charge in [-0.2, -0.15) is 0 Å². The normalized spacial score (nSPS) is 19.0. The SMILES string of the molecule is CC[C@@]1(O)C(=O)OCc2c1cc1n(c2=O)Cc2c-1nc1ccc(OC(=O)NCCCCCCC(=O)NO)cc1c2CN1CCN(C)CC1. The maximum Gasteiger partial charge on any atom is 0.412 e. The minimum absolute atomic E-state index is 0.0657. The first kappa shape index (κ1) is 33.5. The van der Waals surface area contributed by atoms with Crippen LogP contribution in [0.3, 0.4) is 0 Å². The summed E-state index contributed by atoms with van der Waals surface area (Å²) in [6, 6.07) is 7.03. The van der Waals surface area contributed by atoms with E-state index in [4.69, 9.17) is 19.7 Å². The third-order valence-corrected chi connectivity index (χ3v) is 9.69. The van der Waals surface area contributed by atoms with E-state index in [1.54, 1.807) is 35.2 Å². The maximum atomic E-state index is 13.8. The molecule has 2 amide bonds. The van der Waals surface area contributed by atoms with Crippen molar-refractivity contribution in [2.45, 2.75) is 70.7 Å². The number of esters is 1. The number of hydrogen-bond acceptors (Lipinski definition) is 11. The molecule has 48 heavy (non-hydrogen) atoms. The van der Waals surface area contributed by atoms with Crippen LogP contribution in [0.25, 0.3) is 22.3 Å². The van der Waals surface area contributed by atoms with Gasteiger partial charge in [-0.15, -0.1) is 0 Å². The van der Waals surface area contributed by atoms with Crippen molar-refractivity contribution >= 4 is 28.9 Å². The molecule has 1 fully saturated rings. The quantitative estimate of drug-likeness (QED) is 0.0803. The summed E-state index contributed by atoms with van der Waals surface area (Å²) in [7, 11) is 2.10. The summed E-state index contributed by atoms with van der Waals surface area (Å²) in [5.41, 5.74) is 3.67. The van der Waals surface area contributed by atoms with Gasteiger partial charge in [0, 0.05) is 62.2 Å². The summed E-state index contributed by atoms with van der Waals surface area (Å²) in [6.45, 7) is 6.37. The molecule has 1 atom stereocenters. The summed E-state index contributed by atoms with van der Waals surface area (Å²) < 4.78 is 12.5. The predicted octanol–water partition coefficient (Wildman–Crippen LogP) is 2.37. The Morgan fingerprint density at radius 2 is 1.83 bits per heavy atom. The lowest BCUT2D eigenvalue weighted by molar-refractivity contribution is -0.172. The first-order valence-corrected chi connectivity index (χ1v) is 16.5. The molecule has 0 aliphatic carbocycles. The van der Waals surface area contributed by atoms with Crippen molar-refractivity contribution in [2.24, 2.45) is 0 Å². The van der Waals surface area contributed by atoms with Gasteiger partial charge in [0.1, 0.15) is 12.4 Å². The Hall–Kier alpha value is -4.37. The molecule has 5 heterocycles. The number of unbranched alkanes of at least 4 members (excludes halogenated alkanes) is 3. The fourth-order valence-corrected chi connectivity index (χ4v) is 6.77. The van der Waals surface area contributed by atoms with Crippen molar-refractivity contribution in [3.05, 3.63) is 56.9 Å². The fraction of sp³-hybridized carbons (Fsp3) is 0.500. The number of nitrogens with zero attached hydrogens (tertiary/aromatic N) is 4. The molecule has 1 saturated heterocycles. The number of hydroxylamine groups is 1. The van der Waals surface area contributed by atoms with Gasteiger partial charge >= 0.3 is 12.1 Å². The zero-order valence-electron chi connectivity index (χ0n) is 27.3. The third-order valence-electron chi connectivity index (χ3n) is 9.69. The number of fused-ring (bicyclic) bond motifs is 5. The van der Waals surface area contributed by atoms with E-state index in [1.807, 2.05) is 6.07 Å². The lowest BCUT2D eigenvalue weighted by Crippen LogP contribution is -2.44. The Morgan fingerprint density at radius 1 is 1.06 bits per heavy atom. The van der Waals surface area contributed by atoms with Gasteiger partial charge in [0.15, 0.2) is 5.60 Å². The van der Waals surface area contributed by atoms with Crippen LogP contribution in [0.15, 0.2) is 29.1 Å². The van der Waals surface area contributed by atoms with Crippen LogP contribution >= 0.6 is 0 Å². The van der Waals surface area contributed by atoms with Gasteiger partial charge in [0.2, 0.25) is 5.91 Å². The van der Waals surface area contributed by atoms with E-state index in [9.17, 15) is 24.3 Å². The number of piperazine rings is 1. The molecule has 14 heteroatoms. The van der Waals surface area contributed by atoms with Crippen LogP contribution in [0, 0.1) is 0 Å². The number of carbonyl (C=O) groups excluding carboxylic acids is 3. The number of aromatic nitrogens is 2. The zero-order valence-corrected chi connectivity index (χ0v) is 27.3. The van der Waals surface area contributed by atoms with Crippen LogP contribution in [0.2, 0.25) is 0 Å². The highest BCUT2D eigenvalue weighted by atomic mass is 16.6. The van der Waals surface area contributed by atoms with Gasteiger partial charge in [-0.05, 0) is 56.1 Å². The van der Waals surface area contributed by atoms with E-state index >= 15 is 0 Å². The number of carbonyl (C=O) groups is 3. The van der Waals surface area contributed by atoms with E-state index in [2.05, 4.69) is 22.2 Å². The molecule has 0 spiro atoms. The standard InChI is InChI=1S/C34H42N6O8/c1-3-34(45)26-17-28-30-24(19-40(28)31(42)25(26)20-47-32(34)43)23(18-39-14-12-38(2)13-15-39)22-16-21(9-10-27(22)36-30)48-33(44)35-11-7-5-4-6-8-29(41)37-46/h9-10,16-17,45-46H,3-8,11-15,18-20H2,1-2H3,(H,35,44)(H,37,41)/t34-/m0/s1. The van der Waals surface area contributed by atoms with Gasteiger partial charge in [-0.1, -0.05) is 19.8 Å². The first-order chi connectivity index (χ1) is 23.1. The number of nitrogens with one attached hydrogen (secondary N) is 2. The second kappa shape index (κ2) is 14.0. The van der Waals surface area contributed by atoms with Crippen molar-refractivity contribution in [1.82, 2.24) is 30.1 Å². The first-order valence-electron chi connectivity index (χ1n) is 16.5. The molecule has 0 unspecified atom stereocenters. The molecule has 1 aromatic carbocycles. The van der Waals surface area contributed by atoms with E-state index in [0.29, 0.717) is 42.2 Å². The monoisotopic (exact) mass is 662 g/mol. The minimum atomic E-state index is -1.91. The fourth-order valence-electron chi connectivity index (χ4n) is 6.77. The number of pyridine rings is 2. The Labute approximate surface area is 277 Å². The highest BCUT2D eigenvalue weighted by molar-refractivity contribution is 5.90. The Balaban J connectivity index is 1.28. The average molecular weight is 663 g/mol. The summed E-state index contributed by atoms with van der Waals surface area (Å²) >= 11 is 0. The number of amides is 2. The van der Waals surface area contributed by atoms with Crippen molar-refractivity contribution < 1.29 is 34.2 Å². The maximum absolute atomic E-state index is 13.8. The topological polar surface area (TPSA) is 176 Å². The van der Waals surface area contributed by atoms with Crippen molar-refractivity contribution in [2.75, 3.05) is 39.8 Å². The molecular formula is C34H42N6O8. The molecule has 3 aromatic rings. The molecule has 14 nitrogen and oxygen atoms in total. The van der Waals surface area contributed by atoms with Gasteiger partial charge in [-0.3, -0.25) is 19.7 Å². The second-order valence-corrected chi connectivity index (χ2v) is 12.8. The van der Waals surface area contributed by atoms with Crippen molar-refractivity contribution in [1.29, 1.82) is 0 Å². The van der Waals surface area contributed by atoms with Gasteiger partial charge in [-0.25, -0.2) is 20.1 Å². The van der Waals surface area contributed by atoms with Crippen LogP contribution in [-0.2, 0) is 39.6 Å². The number of aliphatic hydroxyl groups is 1. The Kier molecular flexibility index (Phi) is 9.78. The van der Waals surface area contributed by atoms with Crippen LogP contribution < -0.4 is 21.1 Å². The summed E-state index contributed by atoms with van der Waals surface area (Å²) in [6.07, 6.45) is 2.73. The molecule has 4 N–H and O–H groups in total. The van der Waals surface area contributed by atoms with E-state index in [1.165, 1.54) is 0 Å². The number of benzene rings is 1. The molecule has 0 bridgehead atoms. The Morgan fingerprint density at radius 3 is 2.58 bits per heavy atom.